The Labute approximate surface area is 224 Å². The molecule has 1 aliphatic carbocycles. The molecule has 11 heteroatoms. The molecular weight excluding hydrogens is 512 g/mol. The van der Waals surface area contributed by atoms with E-state index in [9.17, 15) is 14.4 Å². The summed E-state index contributed by atoms with van der Waals surface area (Å²) in [4.78, 5) is 54.7. The van der Waals surface area contributed by atoms with Gasteiger partial charge in [0, 0.05) is 66.4 Å². The van der Waals surface area contributed by atoms with E-state index in [0.29, 0.717) is 24.3 Å². The minimum absolute atomic E-state index is 0.0234. The summed E-state index contributed by atoms with van der Waals surface area (Å²) in [5.74, 6) is -1.30. The molecule has 0 saturated heterocycles. The van der Waals surface area contributed by atoms with Crippen LogP contribution in [0.2, 0.25) is 5.02 Å². The van der Waals surface area contributed by atoms with Gasteiger partial charge in [0.2, 0.25) is 5.91 Å². The van der Waals surface area contributed by atoms with Crippen molar-refractivity contribution in [3.8, 4) is 0 Å². The fourth-order valence-electron chi connectivity index (χ4n) is 5.32. The average molecular weight is 543 g/mol. The maximum absolute atomic E-state index is 14.0. The molecular formula is C26H31ClN6O3S. The highest BCUT2D eigenvalue weighted by Gasteiger charge is 2.42. The Hall–Kier alpha value is -2.79. The van der Waals surface area contributed by atoms with Crippen LogP contribution in [0.4, 0.5) is 0 Å². The summed E-state index contributed by atoms with van der Waals surface area (Å²) in [5, 5.41) is 1.60. The van der Waals surface area contributed by atoms with E-state index in [1.54, 1.807) is 43.3 Å². The predicted octanol–water partition coefficient (Wildman–Crippen LogP) is 3.13. The summed E-state index contributed by atoms with van der Waals surface area (Å²) < 4.78 is 0. The zero-order valence-corrected chi connectivity index (χ0v) is 22.7. The van der Waals surface area contributed by atoms with Gasteiger partial charge in [-0.05, 0) is 50.6 Å². The summed E-state index contributed by atoms with van der Waals surface area (Å²) in [6.45, 7) is 1.59. The van der Waals surface area contributed by atoms with Crippen LogP contribution < -0.4 is 5.73 Å². The SMILES string of the molecule is CN1CCc2nc(C(=O)N(C(=O)c3cc4cc(Cl)ccc4[nH]3)C3CC(C(=O)N(C)C)CCC3N)sc2C1. The number of fused-ring (bicyclic) bond motifs is 2. The van der Waals surface area contributed by atoms with Gasteiger partial charge in [0.15, 0.2) is 5.01 Å². The number of hydrogen-bond donors (Lipinski definition) is 2. The topological polar surface area (TPSA) is 116 Å². The lowest BCUT2D eigenvalue weighted by atomic mass is 9.81. The molecule has 9 nitrogen and oxygen atoms in total. The molecule has 1 saturated carbocycles. The maximum Gasteiger partial charge on any atom is 0.290 e. The number of likely N-dealkylation sites (N-methyl/N-ethyl adjacent to an activating group) is 1. The number of imide groups is 1. The standard InChI is InChI=1S/C26H31ClN6O3S/c1-31(2)24(34)14-4-6-17(28)21(12-14)33(25(35)20-11-15-10-16(27)5-7-18(15)29-20)26(36)23-30-19-8-9-32(3)13-22(19)37-23/h5,7,10-11,14,17,21,29H,4,6,8-9,12-13,28H2,1-3H3. The van der Waals surface area contributed by atoms with Gasteiger partial charge in [-0.2, -0.15) is 0 Å². The lowest BCUT2D eigenvalue weighted by molar-refractivity contribution is -0.134. The van der Waals surface area contributed by atoms with Crippen molar-refractivity contribution in [1.82, 2.24) is 24.7 Å². The molecule has 2 aliphatic rings. The molecule has 0 radical (unpaired) electrons. The van der Waals surface area contributed by atoms with Crippen LogP contribution in [0.15, 0.2) is 24.3 Å². The number of hydrogen-bond acceptors (Lipinski definition) is 7. The van der Waals surface area contributed by atoms with E-state index in [1.807, 2.05) is 7.05 Å². The second-order valence-electron chi connectivity index (χ2n) is 10.2. The average Bonchev–Trinajstić information content (AvgIpc) is 3.48. The lowest BCUT2D eigenvalue weighted by Crippen LogP contribution is -2.56. The number of aromatic nitrogens is 2. The Bertz CT molecular complexity index is 1370. The van der Waals surface area contributed by atoms with Crippen molar-refractivity contribution in [1.29, 1.82) is 0 Å². The number of carbonyl (C=O) groups is 3. The second-order valence-corrected chi connectivity index (χ2v) is 11.8. The molecule has 3 heterocycles. The first-order valence-electron chi connectivity index (χ1n) is 12.4. The van der Waals surface area contributed by atoms with Crippen molar-refractivity contribution in [2.45, 2.75) is 44.3 Å². The van der Waals surface area contributed by atoms with Gasteiger partial charge in [-0.1, -0.05) is 11.6 Å². The molecule has 3 atom stereocenters. The Balaban J connectivity index is 1.54. The molecule has 1 aliphatic heterocycles. The van der Waals surface area contributed by atoms with E-state index in [-0.39, 0.29) is 22.5 Å². The van der Waals surface area contributed by atoms with E-state index >= 15 is 0 Å². The quantitative estimate of drug-likeness (QED) is 0.489. The Morgan fingerprint density at radius 2 is 1.97 bits per heavy atom. The van der Waals surface area contributed by atoms with Gasteiger partial charge < -0.3 is 20.5 Å². The van der Waals surface area contributed by atoms with E-state index < -0.39 is 23.9 Å². The number of nitrogens with one attached hydrogen (secondary N) is 1. The van der Waals surface area contributed by atoms with Crippen molar-refractivity contribution in [2.24, 2.45) is 11.7 Å². The molecule has 5 rings (SSSR count). The summed E-state index contributed by atoms with van der Waals surface area (Å²) in [6.07, 6.45) is 2.23. The fraction of sp³-hybridized carbons (Fsp3) is 0.462. The normalized spacial score (nSPS) is 22.0. The molecule has 3 amide bonds. The first kappa shape index (κ1) is 25.8. The van der Waals surface area contributed by atoms with Crippen molar-refractivity contribution in [2.75, 3.05) is 27.7 Å². The summed E-state index contributed by atoms with van der Waals surface area (Å²) in [7, 11) is 5.46. The van der Waals surface area contributed by atoms with Crippen LogP contribution in [0, 0.1) is 5.92 Å². The number of aromatic amines is 1. The number of halogens is 1. The van der Waals surface area contributed by atoms with Crippen molar-refractivity contribution < 1.29 is 14.4 Å². The first-order chi connectivity index (χ1) is 17.6. The Morgan fingerprint density at radius 3 is 2.73 bits per heavy atom. The number of nitrogens with zero attached hydrogens (tertiary/aromatic N) is 4. The van der Waals surface area contributed by atoms with E-state index in [2.05, 4.69) is 14.9 Å². The molecule has 3 aromatic rings. The third kappa shape index (κ3) is 5.03. The molecule has 2 aromatic heterocycles. The third-order valence-electron chi connectivity index (χ3n) is 7.35. The van der Waals surface area contributed by atoms with Gasteiger partial charge >= 0.3 is 0 Å². The number of thiazole rings is 1. The largest absolute Gasteiger partial charge is 0.351 e. The van der Waals surface area contributed by atoms with Crippen molar-refractivity contribution in [3.63, 3.8) is 0 Å². The van der Waals surface area contributed by atoms with Crippen LogP contribution in [0.1, 0.15) is 50.1 Å². The summed E-state index contributed by atoms with van der Waals surface area (Å²) in [5.41, 5.74) is 8.45. The molecule has 0 spiro atoms. The van der Waals surface area contributed by atoms with Crippen LogP contribution in [0.5, 0.6) is 0 Å². The minimum atomic E-state index is -0.638. The number of H-pyrrole nitrogens is 1. The number of carbonyl (C=O) groups excluding carboxylic acids is 3. The number of rotatable bonds is 4. The molecule has 0 bridgehead atoms. The van der Waals surface area contributed by atoms with Gasteiger partial charge in [0.05, 0.1) is 11.7 Å². The van der Waals surface area contributed by atoms with Gasteiger partial charge in [-0.3, -0.25) is 19.3 Å². The molecule has 196 valence electrons. The van der Waals surface area contributed by atoms with Gasteiger partial charge in [-0.25, -0.2) is 4.98 Å². The molecule has 37 heavy (non-hydrogen) atoms. The van der Waals surface area contributed by atoms with Gasteiger partial charge in [-0.15, -0.1) is 11.3 Å². The van der Waals surface area contributed by atoms with Gasteiger partial charge in [0.25, 0.3) is 11.8 Å². The summed E-state index contributed by atoms with van der Waals surface area (Å²) >= 11 is 7.48. The number of amides is 3. The van der Waals surface area contributed by atoms with Crippen molar-refractivity contribution >= 4 is 51.6 Å². The van der Waals surface area contributed by atoms with Crippen molar-refractivity contribution in [3.05, 3.63) is 50.6 Å². The molecule has 3 unspecified atom stereocenters. The Morgan fingerprint density at radius 1 is 1.19 bits per heavy atom. The Kier molecular flexibility index (Phi) is 7.10. The van der Waals surface area contributed by atoms with Crippen LogP contribution in [-0.2, 0) is 17.8 Å². The highest BCUT2D eigenvalue weighted by atomic mass is 35.5. The van der Waals surface area contributed by atoms with E-state index in [1.165, 1.54) is 16.2 Å². The van der Waals surface area contributed by atoms with Gasteiger partial charge in [0.1, 0.15) is 5.69 Å². The second kappa shape index (κ2) is 10.2. The smallest absolute Gasteiger partial charge is 0.290 e. The van der Waals surface area contributed by atoms with Crippen LogP contribution in [0.25, 0.3) is 10.9 Å². The van der Waals surface area contributed by atoms with E-state index in [0.717, 1.165) is 41.0 Å². The van der Waals surface area contributed by atoms with Crippen LogP contribution >= 0.6 is 22.9 Å². The molecule has 1 aromatic carbocycles. The molecule has 1 fully saturated rings. The summed E-state index contributed by atoms with van der Waals surface area (Å²) in [6, 6.07) is 5.91. The zero-order chi connectivity index (χ0) is 26.4. The minimum Gasteiger partial charge on any atom is -0.351 e. The monoisotopic (exact) mass is 542 g/mol. The number of benzene rings is 1. The van der Waals surface area contributed by atoms with E-state index in [4.69, 9.17) is 17.3 Å². The van der Waals surface area contributed by atoms with Crippen LogP contribution in [-0.4, -0.2) is 82.2 Å². The zero-order valence-electron chi connectivity index (χ0n) is 21.2. The molecule has 3 N–H and O–H groups in total. The number of nitrogens with two attached hydrogens (primary N) is 1. The first-order valence-corrected chi connectivity index (χ1v) is 13.6. The third-order valence-corrected chi connectivity index (χ3v) is 8.65. The fourth-order valence-corrected chi connectivity index (χ4v) is 6.62. The highest BCUT2D eigenvalue weighted by Crippen LogP contribution is 2.33. The highest BCUT2D eigenvalue weighted by molar-refractivity contribution is 7.13. The van der Waals surface area contributed by atoms with Crippen LogP contribution in [0.3, 0.4) is 0 Å². The predicted molar refractivity (Wildman–Crippen MR) is 144 cm³/mol. The maximum atomic E-state index is 14.0. The lowest BCUT2D eigenvalue weighted by Gasteiger charge is -2.39.